The Morgan fingerprint density at radius 3 is 2.40 bits per heavy atom. The molecule has 2 rings (SSSR count). The van der Waals surface area contributed by atoms with Crippen LogP contribution in [0.1, 0.15) is 43.8 Å². The van der Waals surface area contributed by atoms with Crippen molar-refractivity contribution >= 4 is 11.9 Å². The van der Waals surface area contributed by atoms with Gasteiger partial charge in [0.15, 0.2) is 6.04 Å². The third kappa shape index (κ3) is 4.07. The Labute approximate surface area is 148 Å². The van der Waals surface area contributed by atoms with Crippen molar-refractivity contribution in [3.05, 3.63) is 47.3 Å². The average molecular weight is 343 g/mol. The number of nitrogens with zero attached hydrogens (tertiary/aromatic N) is 2. The predicted octanol–water partition coefficient (Wildman–Crippen LogP) is 2.87. The Hall–Kier alpha value is -2.63. The lowest BCUT2D eigenvalue weighted by molar-refractivity contribution is -0.148. The first kappa shape index (κ1) is 18.7. The molecule has 2 aromatic rings. The second-order valence-corrected chi connectivity index (χ2v) is 6.18. The zero-order valence-electron chi connectivity index (χ0n) is 15.4. The van der Waals surface area contributed by atoms with Gasteiger partial charge in [-0.05, 0) is 32.9 Å². The number of esters is 1. The molecule has 1 heterocycles. The molecular formula is C19H25N3O3. The lowest BCUT2D eigenvalue weighted by Crippen LogP contribution is -2.37. The Morgan fingerprint density at radius 2 is 1.84 bits per heavy atom. The largest absolute Gasteiger partial charge is 0.464 e. The van der Waals surface area contributed by atoms with Crippen molar-refractivity contribution in [2.24, 2.45) is 5.92 Å². The van der Waals surface area contributed by atoms with Gasteiger partial charge in [0.2, 0.25) is 5.91 Å². The van der Waals surface area contributed by atoms with Crippen LogP contribution in [0.25, 0.3) is 5.69 Å². The van der Waals surface area contributed by atoms with Crippen LogP contribution < -0.4 is 5.32 Å². The molecule has 0 spiro atoms. The molecule has 1 aromatic heterocycles. The number of aromatic nitrogens is 2. The molecule has 0 fully saturated rings. The molecule has 0 aliphatic carbocycles. The van der Waals surface area contributed by atoms with Crippen LogP contribution in [0, 0.1) is 19.8 Å². The third-order valence-electron chi connectivity index (χ3n) is 3.97. The molecule has 0 saturated carbocycles. The number of rotatable bonds is 6. The molecule has 6 nitrogen and oxygen atoms in total. The maximum absolute atomic E-state index is 12.5. The Balaban J connectivity index is 2.48. The van der Waals surface area contributed by atoms with Crippen molar-refractivity contribution in [1.29, 1.82) is 0 Å². The molecule has 0 unspecified atom stereocenters. The van der Waals surface area contributed by atoms with Gasteiger partial charge in [-0.1, -0.05) is 32.0 Å². The first-order chi connectivity index (χ1) is 11.9. The highest BCUT2D eigenvalue weighted by Gasteiger charge is 2.30. The highest BCUT2D eigenvalue weighted by atomic mass is 16.5. The Bertz CT molecular complexity index is 751. The van der Waals surface area contributed by atoms with Gasteiger partial charge in [0.25, 0.3) is 0 Å². The molecule has 0 aliphatic rings. The molecule has 1 atom stereocenters. The summed E-state index contributed by atoms with van der Waals surface area (Å²) in [4.78, 5) is 24.7. The normalized spacial score (nSPS) is 12.1. The van der Waals surface area contributed by atoms with Crippen molar-refractivity contribution < 1.29 is 14.3 Å². The number of hydrogen-bond acceptors (Lipinski definition) is 4. The number of amides is 1. The van der Waals surface area contributed by atoms with Gasteiger partial charge in [0.05, 0.1) is 18.0 Å². The van der Waals surface area contributed by atoms with E-state index >= 15 is 0 Å². The average Bonchev–Trinajstić information content (AvgIpc) is 2.88. The van der Waals surface area contributed by atoms with Crippen LogP contribution in [-0.2, 0) is 14.3 Å². The van der Waals surface area contributed by atoms with Crippen molar-refractivity contribution in [3.8, 4) is 5.69 Å². The zero-order valence-corrected chi connectivity index (χ0v) is 15.4. The van der Waals surface area contributed by atoms with Gasteiger partial charge in [0.1, 0.15) is 0 Å². The van der Waals surface area contributed by atoms with Gasteiger partial charge in [-0.2, -0.15) is 5.10 Å². The highest BCUT2D eigenvalue weighted by molar-refractivity contribution is 5.86. The minimum absolute atomic E-state index is 0.204. The Morgan fingerprint density at radius 1 is 1.20 bits per heavy atom. The maximum atomic E-state index is 12.5. The molecular weight excluding hydrogens is 318 g/mol. The molecule has 0 saturated heterocycles. The maximum Gasteiger partial charge on any atom is 0.333 e. The molecule has 0 aliphatic heterocycles. The van der Waals surface area contributed by atoms with Gasteiger partial charge in [-0.25, -0.2) is 9.48 Å². The predicted molar refractivity (Wildman–Crippen MR) is 95.4 cm³/mol. The second-order valence-electron chi connectivity index (χ2n) is 6.18. The van der Waals surface area contributed by atoms with Crippen LogP contribution in [0.5, 0.6) is 0 Å². The van der Waals surface area contributed by atoms with E-state index in [-0.39, 0.29) is 18.4 Å². The summed E-state index contributed by atoms with van der Waals surface area (Å²) in [7, 11) is 0. The SMILES string of the molecule is CCOC(=O)[C@H](NC(=O)C(C)C)c1c(C)nn(-c2ccccc2)c1C. The van der Waals surface area contributed by atoms with E-state index in [9.17, 15) is 9.59 Å². The topological polar surface area (TPSA) is 73.2 Å². The lowest BCUT2D eigenvalue weighted by Gasteiger charge is -2.19. The van der Waals surface area contributed by atoms with E-state index < -0.39 is 12.0 Å². The van der Waals surface area contributed by atoms with E-state index in [0.717, 1.165) is 11.4 Å². The van der Waals surface area contributed by atoms with Crippen LogP contribution in [0.2, 0.25) is 0 Å². The number of para-hydroxylation sites is 1. The summed E-state index contributed by atoms with van der Waals surface area (Å²) in [5.74, 6) is -0.915. The summed E-state index contributed by atoms with van der Waals surface area (Å²) >= 11 is 0. The summed E-state index contributed by atoms with van der Waals surface area (Å²) in [5.41, 5.74) is 3.05. The number of carbonyl (C=O) groups is 2. The van der Waals surface area contributed by atoms with E-state index in [0.29, 0.717) is 11.3 Å². The molecule has 0 radical (unpaired) electrons. The van der Waals surface area contributed by atoms with Crippen LogP contribution in [-0.4, -0.2) is 28.3 Å². The standard InChI is InChI=1S/C19H25N3O3/c1-6-25-19(24)17(20-18(23)12(2)3)16-13(4)21-22(14(16)5)15-10-8-7-9-11-15/h7-12,17H,6H2,1-5H3,(H,20,23)/t17-/m1/s1. The fraction of sp³-hybridized carbons (Fsp3) is 0.421. The summed E-state index contributed by atoms with van der Waals surface area (Å²) in [6, 6.07) is 8.79. The number of benzene rings is 1. The lowest BCUT2D eigenvalue weighted by atomic mass is 10.0. The molecule has 1 aromatic carbocycles. The molecule has 25 heavy (non-hydrogen) atoms. The van der Waals surface area contributed by atoms with Gasteiger partial charge in [0, 0.05) is 17.2 Å². The van der Waals surface area contributed by atoms with Crippen molar-refractivity contribution in [2.75, 3.05) is 6.61 Å². The van der Waals surface area contributed by atoms with Crippen molar-refractivity contribution in [1.82, 2.24) is 15.1 Å². The van der Waals surface area contributed by atoms with E-state index in [4.69, 9.17) is 4.74 Å². The summed E-state index contributed by atoms with van der Waals surface area (Å²) < 4.78 is 6.95. The van der Waals surface area contributed by atoms with Gasteiger partial charge in [-0.15, -0.1) is 0 Å². The first-order valence-corrected chi connectivity index (χ1v) is 8.45. The quantitative estimate of drug-likeness (QED) is 0.819. The van der Waals surface area contributed by atoms with Crippen LogP contribution in [0.3, 0.4) is 0 Å². The van der Waals surface area contributed by atoms with E-state index in [1.54, 1.807) is 25.5 Å². The van der Waals surface area contributed by atoms with Gasteiger partial charge >= 0.3 is 5.97 Å². The third-order valence-corrected chi connectivity index (χ3v) is 3.97. The molecule has 1 N–H and O–H groups in total. The summed E-state index contributed by atoms with van der Waals surface area (Å²) in [6.45, 7) is 9.27. The fourth-order valence-corrected chi connectivity index (χ4v) is 2.68. The van der Waals surface area contributed by atoms with Crippen molar-refractivity contribution in [3.63, 3.8) is 0 Å². The number of carbonyl (C=O) groups excluding carboxylic acids is 2. The number of ether oxygens (including phenoxy) is 1. The number of hydrogen-bond donors (Lipinski definition) is 1. The van der Waals surface area contributed by atoms with E-state index in [2.05, 4.69) is 10.4 Å². The minimum atomic E-state index is -0.868. The fourth-order valence-electron chi connectivity index (χ4n) is 2.68. The smallest absolute Gasteiger partial charge is 0.333 e. The second kappa shape index (κ2) is 7.96. The molecule has 1 amide bonds. The molecule has 134 valence electrons. The van der Waals surface area contributed by atoms with Crippen molar-refractivity contribution in [2.45, 2.75) is 40.7 Å². The summed E-state index contributed by atoms with van der Waals surface area (Å²) in [6.07, 6.45) is 0. The zero-order chi connectivity index (χ0) is 18.6. The Kier molecular flexibility index (Phi) is 5.96. The van der Waals surface area contributed by atoms with Gasteiger partial charge < -0.3 is 10.1 Å². The molecule has 0 bridgehead atoms. The number of nitrogens with one attached hydrogen (secondary N) is 1. The van der Waals surface area contributed by atoms with E-state index in [1.165, 1.54) is 0 Å². The van der Waals surface area contributed by atoms with Crippen LogP contribution in [0.15, 0.2) is 30.3 Å². The van der Waals surface area contributed by atoms with Gasteiger partial charge in [-0.3, -0.25) is 4.79 Å². The van der Waals surface area contributed by atoms with Crippen LogP contribution in [0.4, 0.5) is 0 Å². The first-order valence-electron chi connectivity index (χ1n) is 8.45. The van der Waals surface area contributed by atoms with E-state index in [1.807, 2.05) is 44.2 Å². The minimum Gasteiger partial charge on any atom is -0.464 e. The van der Waals surface area contributed by atoms with Crippen LogP contribution >= 0.6 is 0 Å². The summed E-state index contributed by atoms with van der Waals surface area (Å²) in [5, 5.41) is 7.35. The monoisotopic (exact) mass is 343 g/mol. The molecule has 6 heteroatoms. The highest BCUT2D eigenvalue weighted by Crippen LogP contribution is 2.25. The number of aryl methyl sites for hydroxylation is 1.